The highest BCUT2D eigenvalue weighted by Gasteiger charge is 2.16. The highest BCUT2D eigenvalue weighted by molar-refractivity contribution is 5.59. The predicted octanol–water partition coefficient (Wildman–Crippen LogP) is 4.59. The maximum Gasteiger partial charge on any atom is 0.142 e. The van der Waals surface area contributed by atoms with Gasteiger partial charge in [-0.15, -0.1) is 0 Å². The minimum absolute atomic E-state index is 0.972. The molecule has 1 heterocycles. The summed E-state index contributed by atoms with van der Waals surface area (Å²) in [6.45, 7) is 4.28. The van der Waals surface area contributed by atoms with E-state index < -0.39 is 0 Å². The van der Waals surface area contributed by atoms with Gasteiger partial charge in [0.2, 0.25) is 0 Å². The molecule has 0 amide bonds. The fraction of sp³-hybridized carbons (Fsp3) is 0.455. The average Bonchev–Trinajstić information content (AvgIpc) is 2.71. The summed E-state index contributed by atoms with van der Waals surface area (Å²) in [7, 11) is 3.51. The quantitative estimate of drug-likeness (QED) is 0.802. The molecular formula is C22H30N2O2. The lowest BCUT2D eigenvalue weighted by Gasteiger charge is -2.31. The van der Waals surface area contributed by atoms with Crippen LogP contribution in [0, 0.1) is 0 Å². The van der Waals surface area contributed by atoms with E-state index in [4.69, 9.17) is 9.47 Å². The molecule has 140 valence electrons. The molecule has 2 aromatic carbocycles. The molecular weight excluding hydrogens is 324 g/mol. The number of hydrogen-bond donors (Lipinski definition) is 0. The number of ether oxygens (including phenoxy) is 2. The van der Waals surface area contributed by atoms with E-state index in [9.17, 15) is 0 Å². The number of hydrogen-bond acceptors (Lipinski definition) is 4. The highest BCUT2D eigenvalue weighted by atomic mass is 16.5. The second-order valence-electron chi connectivity index (χ2n) is 6.73. The van der Waals surface area contributed by atoms with Crippen LogP contribution in [-0.2, 0) is 0 Å². The van der Waals surface area contributed by atoms with Crippen LogP contribution in [0.15, 0.2) is 48.5 Å². The minimum atomic E-state index is 0.972. The third kappa shape index (κ3) is 4.43. The van der Waals surface area contributed by atoms with Crippen LogP contribution in [0.3, 0.4) is 0 Å². The molecule has 0 aliphatic carbocycles. The van der Waals surface area contributed by atoms with Crippen molar-refractivity contribution in [3.05, 3.63) is 48.5 Å². The number of para-hydroxylation sites is 4. The summed E-state index contributed by atoms with van der Waals surface area (Å²) in [5, 5.41) is 0. The summed E-state index contributed by atoms with van der Waals surface area (Å²) in [5.41, 5.74) is 2.44. The first kappa shape index (κ1) is 18.4. The van der Waals surface area contributed by atoms with Crippen molar-refractivity contribution in [3.63, 3.8) is 0 Å². The molecule has 0 N–H and O–H groups in total. The van der Waals surface area contributed by atoms with E-state index in [2.05, 4.69) is 46.2 Å². The fourth-order valence-electron chi connectivity index (χ4n) is 3.70. The Bertz CT molecular complexity index is 618. The molecule has 3 rings (SSSR count). The Balaban J connectivity index is 1.66. The van der Waals surface area contributed by atoms with Crippen LogP contribution in [0.1, 0.15) is 25.7 Å². The van der Waals surface area contributed by atoms with Crippen LogP contribution in [-0.4, -0.2) is 40.4 Å². The molecule has 0 saturated carbocycles. The van der Waals surface area contributed by atoms with Crippen molar-refractivity contribution < 1.29 is 9.47 Å². The van der Waals surface area contributed by atoms with E-state index in [1.165, 1.54) is 37.1 Å². The lowest BCUT2D eigenvalue weighted by atomic mass is 10.1. The second kappa shape index (κ2) is 9.37. The van der Waals surface area contributed by atoms with E-state index in [0.717, 1.165) is 37.7 Å². The minimum Gasteiger partial charge on any atom is -0.495 e. The summed E-state index contributed by atoms with van der Waals surface area (Å²) < 4.78 is 11.1. The molecule has 0 spiro atoms. The average molecular weight is 354 g/mol. The predicted molar refractivity (Wildman–Crippen MR) is 109 cm³/mol. The Morgan fingerprint density at radius 3 is 1.27 bits per heavy atom. The zero-order chi connectivity index (χ0) is 18.2. The second-order valence-corrected chi connectivity index (χ2v) is 6.73. The van der Waals surface area contributed by atoms with Crippen LogP contribution in [0.5, 0.6) is 11.5 Å². The maximum atomic E-state index is 5.56. The summed E-state index contributed by atoms with van der Waals surface area (Å²) in [4.78, 5) is 4.97. The van der Waals surface area contributed by atoms with Gasteiger partial charge in [-0.25, -0.2) is 0 Å². The van der Waals surface area contributed by atoms with E-state index >= 15 is 0 Å². The van der Waals surface area contributed by atoms with Gasteiger partial charge in [-0.3, -0.25) is 0 Å². The van der Waals surface area contributed by atoms with Crippen LogP contribution in [0.2, 0.25) is 0 Å². The smallest absolute Gasteiger partial charge is 0.142 e. The fourth-order valence-corrected chi connectivity index (χ4v) is 3.70. The van der Waals surface area contributed by atoms with Crippen LogP contribution >= 0.6 is 0 Å². The Labute approximate surface area is 157 Å². The normalized spacial score (nSPS) is 16.2. The van der Waals surface area contributed by atoms with Gasteiger partial charge in [-0.2, -0.15) is 0 Å². The number of rotatable bonds is 4. The zero-order valence-corrected chi connectivity index (χ0v) is 16.0. The van der Waals surface area contributed by atoms with Crippen LogP contribution in [0.25, 0.3) is 0 Å². The van der Waals surface area contributed by atoms with Crippen LogP contribution < -0.4 is 19.3 Å². The molecule has 1 fully saturated rings. The molecule has 0 atom stereocenters. The summed E-state index contributed by atoms with van der Waals surface area (Å²) >= 11 is 0. The van der Waals surface area contributed by atoms with Gasteiger partial charge in [0, 0.05) is 26.2 Å². The first-order chi connectivity index (χ1) is 12.8. The molecule has 26 heavy (non-hydrogen) atoms. The molecule has 2 aromatic rings. The van der Waals surface area contributed by atoms with Gasteiger partial charge in [-0.1, -0.05) is 24.3 Å². The largest absolute Gasteiger partial charge is 0.495 e. The van der Waals surface area contributed by atoms with Gasteiger partial charge in [0.15, 0.2) is 0 Å². The molecule has 4 nitrogen and oxygen atoms in total. The number of methoxy groups -OCH3 is 2. The maximum absolute atomic E-state index is 5.56. The van der Waals surface area contributed by atoms with Gasteiger partial charge < -0.3 is 19.3 Å². The summed E-state index contributed by atoms with van der Waals surface area (Å²) in [5.74, 6) is 1.94. The molecule has 0 unspecified atom stereocenters. The van der Waals surface area contributed by atoms with Crippen molar-refractivity contribution >= 4 is 11.4 Å². The van der Waals surface area contributed by atoms with Gasteiger partial charge in [-0.05, 0) is 49.9 Å². The molecule has 1 aliphatic heterocycles. The number of anilines is 2. The topological polar surface area (TPSA) is 24.9 Å². The van der Waals surface area contributed by atoms with Crippen molar-refractivity contribution in [2.75, 3.05) is 50.2 Å². The molecule has 0 radical (unpaired) electrons. The molecule has 1 aliphatic rings. The monoisotopic (exact) mass is 354 g/mol. The SMILES string of the molecule is COc1ccccc1N1CCCCN(c2ccccc2OC)CCCC1. The highest BCUT2D eigenvalue weighted by Crippen LogP contribution is 2.30. The van der Waals surface area contributed by atoms with Crippen molar-refractivity contribution in [2.45, 2.75) is 25.7 Å². The number of benzene rings is 2. The van der Waals surface area contributed by atoms with E-state index in [1.807, 2.05) is 12.1 Å². The van der Waals surface area contributed by atoms with E-state index in [1.54, 1.807) is 14.2 Å². The molecule has 4 heteroatoms. The van der Waals surface area contributed by atoms with Crippen molar-refractivity contribution in [1.82, 2.24) is 0 Å². The first-order valence-electron chi connectivity index (χ1n) is 9.59. The Morgan fingerprint density at radius 2 is 0.923 bits per heavy atom. The van der Waals surface area contributed by atoms with Crippen LogP contribution in [0.4, 0.5) is 11.4 Å². The third-order valence-corrected chi connectivity index (χ3v) is 5.06. The Hall–Kier alpha value is -2.36. The molecule has 1 saturated heterocycles. The lowest BCUT2D eigenvalue weighted by molar-refractivity contribution is 0.412. The van der Waals surface area contributed by atoms with Gasteiger partial charge in [0.25, 0.3) is 0 Å². The van der Waals surface area contributed by atoms with Gasteiger partial charge >= 0.3 is 0 Å². The lowest BCUT2D eigenvalue weighted by Crippen LogP contribution is -2.32. The Kier molecular flexibility index (Phi) is 6.64. The molecule has 0 aromatic heterocycles. The van der Waals surface area contributed by atoms with E-state index in [-0.39, 0.29) is 0 Å². The summed E-state index contributed by atoms with van der Waals surface area (Å²) in [6, 6.07) is 16.7. The van der Waals surface area contributed by atoms with Gasteiger partial charge in [0.05, 0.1) is 25.6 Å². The van der Waals surface area contributed by atoms with Crippen molar-refractivity contribution in [3.8, 4) is 11.5 Å². The van der Waals surface area contributed by atoms with Gasteiger partial charge in [0.1, 0.15) is 11.5 Å². The van der Waals surface area contributed by atoms with Crippen molar-refractivity contribution in [2.24, 2.45) is 0 Å². The number of nitrogens with zero attached hydrogens (tertiary/aromatic N) is 2. The standard InChI is InChI=1S/C22H30N2O2/c1-25-21-13-5-3-11-19(21)23-15-7-9-17-24(18-10-8-16-23)20-12-4-6-14-22(20)26-2/h3-6,11-14H,7-10,15-18H2,1-2H3. The van der Waals surface area contributed by atoms with E-state index in [0.29, 0.717) is 0 Å². The third-order valence-electron chi connectivity index (χ3n) is 5.06. The zero-order valence-electron chi connectivity index (χ0n) is 16.0. The first-order valence-corrected chi connectivity index (χ1v) is 9.59. The van der Waals surface area contributed by atoms with Crippen molar-refractivity contribution in [1.29, 1.82) is 0 Å². The Morgan fingerprint density at radius 1 is 0.577 bits per heavy atom. The summed E-state index contributed by atoms with van der Waals surface area (Å²) in [6.07, 6.45) is 4.68. The molecule has 0 bridgehead atoms.